The molecular formula is C35H37ClN2O8. The molecule has 4 aromatic carbocycles. The van der Waals surface area contributed by atoms with E-state index in [0.717, 1.165) is 27.8 Å². The summed E-state index contributed by atoms with van der Waals surface area (Å²) in [6.07, 6.45) is -6.49. The molecule has 7 N–H and O–H groups in total. The first-order valence-electron chi connectivity index (χ1n) is 14.6. The molecule has 4 rings (SSSR count). The van der Waals surface area contributed by atoms with E-state index in [9.17, 15) is 30.8 Å². The molecule has 4 aromatic rings. The number of aliphatic hydroxyl groups excluding tert-OH is 5. The number of aliphatic hydroxyl groups is 5. The Balaban J connectivity index is 1.53. The Labute approximate surface area is 272 Å². The van der Waals surface area contributed by atoms with E-state index in [1.165, 1.54) is 0 Å². The van der Waals surface area contributed by atoms with Gasteiger partial charge in [-0.05, 0) is 65.1 Å². The average molecular weight is 649 g/mol. The fourth-order valence-electron chi connectivity index (χ4n) is 4.87. The Hall–Kier alpha value is -4.18. The number of hydrogen-bond acceptors (Lipinski definition) is 10. The van der Waals surface area contributed by atoms with Crippen LogP contribution in [0.25, 0.3) is 11.1 Å². The molecule has 11 heteroatoms. The topological polar surface area (TPSA) is 176 Å². The Morgan fingerprint density at radius 1 is 0.826 bits per heavy atom. The maximum absolute atomic E-state index is 10.3. The second-order valence-corrected chi connectivity index (χ2v) is 11.3. The van der Waals surface area contributed by atoms with Gasteiger partial charge in [0.15, 0.2) is 0 Å². The molecule has 0 saturated carbocycles. The number of nitriles is 1. The average Bonchev–Trinajstić information content (AvgIpc) is 3.06. The highest BCUT2D eigenvalue weighted by molar-refractivity contribution is 6.32. The summed E-state index contributed by atoms with van der Waals surface area (Å²) in [5.41, 5.74) is 5.60. The number of rotatable bonds is 15. The largest absolute Gasteiger partial charge is 0.508 e. The van der Waals surface area contributed by atoms with Crippen LogP contribution in [-0.2, 0) is 19.8 Å². The van der Waals surface area contributed by atoms with Crippen molar-refractivity contribution in [3.8, 4) is 34.4 Å². The SMILES string of the molecule is Cc1c(COc2cc(OCc3cccc(C#N)c3)c(CNC[C@H](O)[C@@H](O)[C@H](O)[C@H](O)CO)cc2Cl)cccc1-c1cccc(O)c1. The standard InChI is InChI=1S/C35H37ClN2O8/c1-21-25(8-4-10-28(21)24-7-3-9-27(40)12-24)20-46-33-14-32(45-19-23-6-2-5-22(11-23)15-37)26(13-29(33)36)16-38-17-30(41)34(43)35(44)31(42)18-39/h2-14,30-31,34-35,38-44H,16-20H2,1H3/t30-,31+,34+,35+/m0/s1. The number of phenolic OH excluding ortho intramolecular Hbond substituents is 1. The summed E-state index contributed by atoms with van der Waals surface area (Å²) in [6, 6.07) is 25.3. The van der Waals surface area contributed by atoms with Crippen LogP contribution in [0.15, 0.2) is 78.9 Å². The van der Waals surface area contributed by atoms with E-state index in [1.807, 2.05) is 37.3 Å². The quantitative estimate of drug-likeness (QED) is 0.101. The lowest BCUT2D eigenvalue weighted by Crippen LogP contribution is -2.48. The van der Waals surface area contributed by atoms with E-state index in [4.69, 9.17) is 26.2 Å². The summed E-state index contributed by atoms with van der Waals surface area (Å²) >= 11 is 6.65. The Kier molecular flexibility index (Phi) is 12.4. The van der Waals surface area contributed by atoms with Crippen LogP contribution in [0.5, 0.6) is 17.2 Å². The van der Waals surface area contributed by atoms with Gasteiger partial charge in [-0.25, -0.2) is 0 Å². The molecule has 0 spiro atoms. The van der Waals surface area contributed by atoms with E-state index in [2.05, 4.69) is 11.4 Å². The number of nitrogens with one attached hydrogen (secondary N) is 1. The summed E-state index contributed by atoms with van der Waals surface area (Å²) < 4.78 is 12.3. The van der Waals surface area contributed by atoms with Gasteiger partial charge in [-0.3, -0.25) is 0 Å². The van der Waals surface area contributed by atoms with E-state index >= 15 is 0 Å². The third-order valence-electron chi connectivity index (χ3n) is 7.55. The van der Waals surface area contributed by atoms with Crippen LogP contribution in [0.4, 0.5) is 0 Å². The van der Waals surface area contributed by atoms with Gasteiger partial charge in [0.1, 0.15) is 48.8 Å². The van der Waals surface area contributed by atoms with Crippen molar-refractivity contribution in [3.05, 3.63) is 112 Å². The first kappa shape index (κ1) is 34.7. The van der Waals surface area contributed by atoms with Crippen LogP contribution in [0.2, 0.25) is 5.02 Å². The molecule has 0 unspecified atom stereocenters. The van der Waals surface area contributed by atoms with Gasteiger partial charge >= 0.3 is 0 Å². The first-order valence-corrected chi connectivity index (χ1v) is 15.0. The maximum atomic E-state index is 10.3. The molecule has 0 aliphatic rings. The third kappa shape index (κ3) is 8.96. The minimum absolute atomic E-state index is 0.140. The maximum Gasteiger partial charge on any atom is 0.142 e. The third-order valence-corrected chi connectivity index (χ3v) is 7.84. The highest BCUT2D eigenvalue weighted by Crippen LogP contribution is 2.35. The highest BCUT2D eigenvalue weighted by atomic mass is 35.5. The fourth-order valence-corrected chi connectivity index (χ4v) is 5.11. The van der Waals surface area contributed by atoms with Gasteiger partial charge in [0.2, 0.25) is 0 Å². The molecule has 0 aliphatic carbocycles. The van der Waals surface area contributed by atoms with Gasteiger partial charge in [-0.15, -0.1) is 0 Å². The van der Waals surface area contributed by atoms with Gasteiger partial charge in [0.05, 0.1) is 29.4 Å². The monoisotopic (exact) mass is 648 g/mol. The molecule has 0 saturated heterocycles. The van der Waals surface area contributed by atoms with Crippen LogP contribution in [-0.4, -0.2) is 68.2 Å². The van der Waals surface area contributed by atoms with Crippen molar-refractivity contribution < 1.29 is 40.1 Å². The molecule has 10 nitrogen and oxygen atoms in total. The van der Waals surface area contributed by atoms with E-state index < -0.39 is 31.0 Å². The van der Waals surface area contributed by atoms with Gasteiger partial charge < -0.3 is 45.4 Å². The number of ether oxygens (including phenoxy) is 2. The van der Waals surface area contributed by atoms with Crippen molar-refractivity contribution in [1.82, 2.24) is 5.32 Å². The molecule has 0 aliphatic heterocycles. The molecule has 4 atom stereocenters. The molecule has 0 radical (unpaired) electrons. The van der Waals surface area contributed by atoms with Gasteiger partial charge in [0.25, 0.3) is 0 Å². The molecule has 0 aromatic heterocycles. The summed E-state index contributed by atoms with van der Waals surface area (Å²) in [6.45, 7) is 1.53. The Bertz CT molecular complexity index is 1660. The van der Waals surface area contributed by atoms with Gasteiger partial charge in [-0.2, -0.15) is 5.26 Å². The summed E-state index contributed by atoms with van der Waals surface area (Å²) in [4.78, 5) is 0. The fraction of sp³-hybridized carbons (Fsp3) is 0.286. The van der Waals surface area contributed by atoms with Crippen LogP contribution in [0, 0.1) is 18.3 Å². The van der Waals surface area contributed by atoms with Crippen LogP contribution in [0.3, 0.4) is 0 Å². The molecule has 0 amide bonds. The van der Waals surface area contributed by atoms with Gasteiger partial charge in [-0.1, -0.05) is 54.1 Å². The first-order chi connectivity index (χ1) is 22.1. The predicted molar refractivity (Wildman–Crippen MR) is 172 cm³/mol. The molecule has 0 fully saturated rings. The smallest absolute Gasteiger partial charge is 0.142 e. The number of phenols is 1. The number of benzene rings is 4. The van der Waals surface area contributed by atoms with Crippen molar-refractivity contribution in [2.45, 2.75) is 51.1 Å². The van der Waals surface area contributed by atoms with Crippen LogP contribution in [0.1, 0.15) is 27.8 Å². The Morgan fingerprint density at radius 3 is 2.28 bits per heavy atom. The lowest BCUT2D eigenvalue weighted by Gasteiger charge is -2.26. The molecular weight excluding hydrogens is 612 g/mol. The zero-order valence-electron chi connectivity index (χ0n) is 25.2. The van der Waals surface area contributed by atoms with Crippen molar-refractivity contribution in [1.29, 1.82) is 5.26 Å². The number of halogens is 1. The highest BCUT2D eigenvalue weighted by Gasteiger charge is 2.29. The summed E-state index contributed by atoms with van der Waals surface area (Å²) in [7, 11) is 0. The van der Waals surface area contributed by atoms with E-state index in [1.54, 1.807) is 48.5 Å². The molecule has 46 heavy (non-hydrogen) atoms. The minimum Gasteiger partial charge on any atom is -0.508 e. The number of nitrogens with zero attached hydrogens (tertiary/aromatic N) is 1. The van der Waals surface area contributed by atoms with Crippen LogP contribution >= 0.6 is 11.6 Å². The molecule has 0 bridgehead atoms. The second kappa shape index (κ2) is 16.4. The number of aromatic hydroxyl groups is 1. The zero-order valence-corrected chi connectivity index (χ0v) is 25.9. The minimum atomic E-state index is -1.74. The normalized spacial score (nSPS) is 13.8. The van der Waals surface area contributed by atoms with E-state index in [-0.39, 0.29) is 32.1 Å². The summed E-state index contributed by atoms with van der Waals surface area (Å²) in [5.74, 6) is 0.964. The van der Waals surface area contributed by atoms with Crippen molar-refractivity contribution >= 4 is 11.6 Å². The van der Waals surface area contributed by atoms with Crippen molar-refractivity contribution in [2.75, 3.05) is 13.2 Å². The Morgan fingerprint density at radius 2 is 1.54 bits per heavy atom. The molecule has 242 valence electrons. The summed E-state index contributed by atoms with van der Waals surface area (Å²) in [5, 5.41) is 71.4. The zero-order chi connectivity index (χ0) is 33.2. The van der Waals surface area contributed by atoms with Crippen molar-refractivity contribution in [2.24, 2.45) is 0 Å². The predicted octanol–water partition coefficient (Wildman–Crippen LogP) is 3.58. The van der Waals surface area contributed by atoms with Gasteiger partial charge in [0, 0.05) is 24.7 Å². The second-order valence-electron chi connectivity index (χ2n) is 10.8. The lowest BCUT2D eigenvalue weighted by atomic mass is 9.96. The lowest BCUT2D eigenvalue weighted by molar-refractivity contribution is -0.114. The van der Waals surface area contributed by atoms with Crippen LogP contribution < -0.4 is 14.8 Å². The van der Waals surface area contributed by atoms with Crippen molar-refractivity contribution in [3.63, 3.8) is 0 Å². The number of hydrogen-bond donors (Lipinski definition) is 7. The van der Waals surface area contributed by atoms with E-state index in [0.29, 0.717) is 27.6 Å². The molecule has 0 heterocycles.